The summed E-state index contributed by atoms with van der Waals surface area (Å²) in [6, 6.07) is 0.162. The molecule has 0 aliphatic rings. The maximum atomic E-state index is 11.8. The maximum absolute atomic E-state index is 11.8. The lowest BCUT2D eigenvalue weighted by Gasteiger charge is -2.23. The minimum absolute atomic E-state index is 0.0610. The number of carbonyl (C=O) groups is 1. The summed E-state index contributed by atoms with van der Waals surface area (Å²) in [4.78, 5) is 16.0. The zero-order chi connectivity index (χ0) is 12.9. The van der Waals surface area contributed by atoms with Crippen molar-refractivity contribution in [2.75, 3.05) is 0 Å². The largest absolute Gasteiger partial charge is 0.345 e. The Labute approximate surface area is 107 Å². The van der Waals surface area contributed by atoms with Crippen LogP contribution < -0.4 is 11.1 Å². The van der Waals surface area contributed by atoms with Gasteiger partial charge in [-0.15, -0.1) is 11.3 Å². The molecule has 4 nitrogen and oxygen atoms in total. The molecule has 1 amide bonds. The lowest BCUT2D eigenvalue weighted by Crippen LogP contribution is -2.40. The number of rotatable bonds is 6. The maximum Gasteiger partial charge on any atom is 0.220 e. The average Bonchev–Trinajstić information content (AvgIpc) is 2.68. The van der Waals surface area contributed by atoms with Gasteiger partial charge in [-0.3, -0.25) is 4.79 Å². The first kappa shape index (κ1) is 14.1. The van der Waals surface area contributed by atoms with Crippen LogP contribution in [0.4, 0.5) is 0 Å². The molecule has 0 bridgehead atoms. The van der Waals surface area contributed by atoms with Gasteiger partial charge in [-0.2, -0.15) is 0 Å². The van der Waals surface area contributed by atoms with Gasteiger partial charge in [0.15, 0.2) is 0 Å². The van der Waals surface area contributed by atoms with Crippen LogP contribution in [-0.2, 0) is 10.3 Å². The summed E-state index contributed by atoms with van der Waals surface area (Å²) in [5.74, 6) is 0.0610. The SMILES string of the molecule is CC(N)CCCC(=O)NC(C)(C)c1nccs1. The van der Waals surface area contributed by atoms with E-state index in [-0.39, 0.29) is 17.5 Å². The molecular weight excluding hydrogens is 234 g/mol. The highest BCUT2D eigenvalue weighted by atomic mass is 32.1. The lowest BCUT2D eigenvalue weighted by atomic mass is 10.1. The Kier molecular flexibility index (Phi) is 5.08. The summed E-state index contributed by atoms with van der Waals surface area (Å²) in [6.45, 7) is 5.89. The van der Waals surface area contributed by atoms with Gasteiger partial charge in [-0.25, -0.2) is 4.98 Å². The third kappa shape index (κ3) is 4.83. The van der Waals surface area contributed by atoms with Crippen molar-refractivity contribution in [1.29, 1.82) is 0 Å². The molecule has 17 heavy (non-hydrogen) atoms. The van der Waals surface area contributed by atoms with Crippen LogP contribution in [0.1, 0.15) is 45.0 Å². The van der Waals surface area contributed by atoms with E-state index >= 15 is 0 Å². The number of nitrogens with one attached hydrogen (secondary N) is 1. The zero-order valence-electron chi connectivity index (χ0n) is 10.7. The van der Waals surface area contributed by atoms with Crippen LogP contribution in [0.25, 0.3) is 0 Å². The van der Waals surface area contributed by atoms with E-state index in [0.29, 0.717) is 6.42 Å². The van der Waals surface area contributed by atoms with Gasteiger partial charge in [-0.05, 0) is 33.6 Å². The Balaban J connectivity index is 2.40. The van der Waals surface area contributed by atoms with E-state index in [9.17, 15) is 4.79 Å². The van der Waals surface area contributed by atoms with Gasteiger partial charge in [0.2, 0.25) is 5.91 Å². The zero-order valence-corrected chi connectivity index (χ0v) is 11.5. The fourth-order valence-corrected chi connectivity index (χ4v) is 2.30. The molecule has 0 fully saturated rings. The smallest absolute Gasteiger partial charge is 0.220 e. The Bertz CT molecular complexity index is 347. The number of hydrogen-bond acceptors (Lipinski definition) is 4. The number of aromatic nitrogens is 1. The predicted molar refractivity (Wildman–Crippen MR) is 70.8 cm³/mol. The first-order valence-corrected chi connectivity index (χ1v) is 6.76. The second-order valence-electron chi connectivity index (χ2n) is 4.88. The van der Waals surface area contributed by atoms with E-state index in [1.54, 1.807) is 17.5 Å². The molecule has 1 heterocycles. The molecule has 1 rings (SSSR count). The molecule has 1 aromatic rings. The monoisotopic (exact) mass is 255 g/mol. The molecule has 0 saturated carbocycles. The molecule has 1 atom stereocenters. The topological polar surface area (TPSA) is 68.0 Å². The fraction of sp³-hybridized carbons (Fsp3) is 0.667. The molecule has 0 spiro atoms. The molecule has 5 heteroatoms. The van der Waals surface area contributed by atoms with E-state index in [0.717, 1.165) is 17.8 Å². The minimum Gasteiger partial charge on any atom is -0.345 e. The quantitative estimate of drug-likeness (QED) is 0.817. The highest BCUT2D eigenvalue weighted by molar-refractivity contribution is 7.09. The highest BCUT2D eigenvalue weighted by Gasteiger charge is 2.24. The fourth-order valence-electron chi connectivity index (χ4n) is 1.58. The van der Waals surface area contributed by atoms with Crippen LogP contribution in [0.2, 0.25) is 0 Å². The second-order valence-corrected chi connectivity index (χ2v) is 5.77. The van der Waals surface area contributed by atoms with Crippen molar-refractivity contribution in [3.63, 3.8) is 0 Å². The summed E-state index contributed by atoms with van der Waals surface area (Å²) < 4.78 is 0. The van der Waals surface area contributed by atoms with E-state index in [1.807, 2.05) is 26.2 Å². The number of amides is 1. The summed E-state index contributed by atoms with van der Waals surface area (Å²) >= 11 is 1.55. The van der Waals surface area contributed by atoms with E-state index < -0.39 is 0 Å². The molecule has 1 aromatic heterocycles. The van der Waals surface area contributed by atoms with Crippen molar-refractivity contribution in [1.82, 2.24) is 10.3 Å². The first-order chi connectivity index (χ1) is 7.92. The summed E-state index contributed by atoms with van der Waals surface area (Å²) in [5.41, 5.74) is 5.25. The predicted octanol–water partition coefficient (Wildman–Crippen LogP) is 2.01. The molecule has 1 unspecified atom stereocenters. The Morgan fingerprint density at radius 2 is 2.35 bits per heavy atom. The van der Waals surface area contributed by atoms with Crippen molar-refractivity contribution >= 4 is 17.2 Å². The summed E-state index contributed by atoms with van der Waals surface area (Å²) in [6.07, 6.45) is 3.99. The molecule has 0 aliphatic carbocycles. The number of thiazole rings is 1. The van der Waals surface area contributed by atoms with E-state index in [2.05, 4.69) is 10.3 Å². The molecule has 0 aromatic carbocycles. The minimum atomic E-state index is -0.389. The molecule has 0 saturated heterocycles. The van der Waals surface area contributed by atoms with Crippen molar-refractivity contribution in [3.8, 4) is 0 Å². The third-order valence-corrected chi connectivity index (χ3v) is 3.58. The summed E-state index contributed by atoms with van der Waals surface area (Å²) in [7, 11) is 0. The van der Waals surface area contributed by atoms with Crippen LogP contribution in [0.15, 0.2) is 11.6 Å². The van der Waals surface area contributed by atoms with Crippen molar-refractivity contribution in [2.24, 2.45) is 5.73 Å². The Morgan fingerprint density at radius 3 is 2.88 bits per heavy atom. The molecule has 3 N–H and O–H groups in total. The number of carbonyl (C=O) groups excluding carboxylic acids is 1. The van der Waals surface area contributed by atoms with Crippen LogP contribution in [-0.4, -0.2) is 16.9 Å². The highest BCUT2D eigenvalue weighted by Crippen LogP contribution is 2.22. The van der Waals surface area contributed by atoms with Crippen LogP contribution in [0.3, 0.4) is 0 Å². The van der Waals surface area contributed by atoms with Gasteiger partial charge in [0, 0.05) is 24.0 Å². The number of nitrogens with zero attached hydrogens (tertiary/aromatic N) is 1. The molecule has 0 aliphatic heterocycles. The summed E-state index contributed by atoms with van der Waals surface area (Å²) in [5, 5.41) is 5.85. The number of hydrogen-bond donors (Lipinski definition) is 2. The van der Waals surface area contributed by atoms with Crippen LogP contribution in [0, 0.1) is 0 Å². The second kappa shape index (κ2) is 6.12. The van der Waals surface area contributed by atoms with Gasteiger partial charge in [0.05, 0.1) is 5.54 Å². The lowest BCUT2D eigenvalue weighted by molar-refractivity contribution is -0.122. The van der Waals surface area contributed by atoms with E-state index in [1.165, 1.54) is 0 Å². The average molecular weight is 255 g/mol. The first-order valence-electron chi connectivity index (χ1n) is 5.88. The third-order valence-electron chi connectivity index (χ3n) is 2.48. The van der Waals surface area contributed by atoms with Gasteiger partial charge in [-0.1, -0.05) is 0 Å². The van der Waals surface area contributed by atoms with Crippen LogP contribution >= 0.6 is 11.3 Å². The van der Waals surface area contributed by atoms with Gasteiger partial charge in [0.1, 0.15) is 5.01 Å². The number of nitrogens with two attached hydrogens (primary N) is 1. The van der Waals surface area contributed by atoms with E-state index in [4.69, 9.17) is 5.73 Å². The molecular formula is C12H21N3OS. The molecule has 0 radical (unpaired) electrons. The van der Waals surface area contributed by atoms with Gasteiger partial charge >= 0.3 is 0 Å². The Hall–Kier alpha value is -0.940. The van der Waals surface area contributed by atoms with Crippen LogP contribution in [0.5, 0.6) is 0 Å². The van der Waals surface area contributed by atoms with Gasteiger partial charge in [0.25, 0.3) is 0 Å². The molecule has 96 valence electrons. The normalized spacial score (nSPS) is 13.4. The van der Waals surface area contributed by atoms with Crippen molar-refractivity contribution < 1.29 is 4.79 Å². The standard InChI is InChI=1S/C12H21N3OS/c1-9(13)5-4-6-10(16)15-12(2,3)11-14-7-8-17-11/h7-9H,4-6,13H2,1-3H3,(H,15,16). The Morgan fingerprint density at radius 1 is 1.65 bits per heavy atom. The van der Waals surface area contributed by atoms with Crippen molar-refractivity contribution in [2.45, 2.75) is 51.6 Å². The van der Waals surface area contributed by atoms with Gasteiger partial charge < -0.3 is 11.1 Å². The van der Waals surface area contributed by atoms with Crippen molar-refractivity contribution in [3.05, 3.63) is 16.6 Å².